The van der Waals surface area contributed by atoms with Gasteiger partial charge >= 0.3 is 0 Å². The van der Waals surface area contributed by atoms with Gasteiger partial charge in [-0.15, -0.1) is 0 Å². The van der Waals surface area contributed by atoms with E-state index < -0.39 is 34.3 Å². The van der Waals surface area contributed by atoms with Crippen molar-refractivity contribution in [3.05, 3.63) is 65.5 Å². The fraction of sp³-hybridized carbons (Fsp3) is 0.391. The molecule has 0 saturated heterocycles. The molecule has 32 heavy (non-hydrogen) atoms. The van der Waals surface area contributed by atoms with Gasteiger partial charge in [0.05, 0.1) is 11.9 Å². The van der Waals surface area contributed by atoms with Gasteiger partial charge in [-0.25, -0.2) is 12.8 Å². The Morgan fingerprint density at radius 1 is 1.06 bits per heavy atom. The maximum atomic E-state index is 13.3. The molecular formula is C23H30FN3O4S. The normalized spacial score (nSPS) is 12.2. The van der Waals surface area contributed by atoms with Crippen LogP contribution in [0.25, 0.3) is 0 Å². The number of rotatable bonds is 10. The number of nitrogens with one attached hydrogen (secondary N) is 1. The summed E-state index contributed by atoms with van der Waals surface area (Å²) in [5, 5.41) is 2.78. The lowest BCUT2D eigenvalue weighted by atomic mass is 10.1. The zero-order chi connectivity index (χ0) is 23.9. The minimum atomic E-state index is -3.84. The van der Waals surface area contributed by atoms with E-state index in [2.05, 4.69) is 5.32 Å². The van der Waals surface area contributed by atoms with Crippen molar-refractivity contribution in [3.8, 4) is 0 Å². The van der Waals surface area contributed by atoms with Gasteiger partial charge in [0.1, 0.15) is 18.4 Å². The first-order valence-electron chi connectivity index (χ1n) is 10.4. The van der Waals surface area contributed by atoms with Gasteiger partial charge < -0.3 is 10.2 Å². The van der Waals surface area contributed by atoms with Gasteiger partial charge in [-0.3, -0.25) is 13.9 Å². The lowest BCUT2D eigenvalue weighted by molar-refractivity contribution is -0.139. The Morgan fingerprint density at radius 3 is 2.19 bits per heavy atom. The number of carbonyl (C=O) groups excluding carboxylic acids is 2. The Balaban J connectivity index is 2.34. The molecule has 174 valence electrons. The number of sulfonamides is 1. The van der Waals surface area contributed by atoms with Crippen molar-refractivity contribution in [1.82, 2.24) is 10.2 Å². The maximum Gasteiger partial charge on any atom is 0.244 e. The van der Waals surface area contributed by atoms with Gasteiger partial charge in [0.2, 0.25) is 21.8 Å². The van der Waals surface area contributed by atoms with E-state index in [-0.39, 0.29) is 18.1 Å². The van der Waals surface area contributed by atoms with E-state index in [0.29, 0.717) is 6.54 Å². The smallest absolute Gasteiger partial charge is 0.244 e. The van der Waals surface area contributed by atoms with Crippen LogP contribution in [0.1, 0.15) is 31.4 Å². The molecule has 0 aromatic heterocycles. The van der Waals surface area contributed by atoms with E-state index in [0.717, 1.165) is 40.2 Å². The third-order valence-corrected chi connectivity index (χ3v) is 6.12. The molecule has 0 aliphatic rings. The summed E-state index contributed by atoms with van der Waals surface area (Å²) in [6, 6.07) is 11.6. The number of amides is 2. The van der Waals surface area contributed by atoms with Crippen LogP contribution in [0.3, 0.4) is 0 Å². The third-order valence-electron chi connectivity index (χ3n) is 4.98. The average molecular weight is 464 g/mol. The minimum Gasteiger partial charge on any atom is -0.354 e. The van der Waals surface area contributed by atoms with Crippen LogP contribution in [0.5, 0.6) is 0 Å². The van der Waals surface area contributed by atoms with Crippen LogP contribution in [-0.2, 0) is 26.2 Å². The molecule has 2 aromatic carbocycles. The summed E-state index contributed by atoms with van der Waals surface area (Å²) in [5.74, 6) is -1.38. The number of carbonyl (C=O) groups is 2. The Morgan fingerprint density at radius 2 is 1.66 bits per heavy atom. The van der Waals surface area contributed by atoms with Crippen LogP contribution in [0, 0.1) is 12.7 Å². The van der Waals surface area contributed by atoms with Crippen LogP contribution >= 0.6 is 0 Å². The van der Waals surface area contributed by atoms with Gasteiger partial charge in [0, 0.05) is 13.1 Å². The Kier molecular flexibility index (Phi) is 8.77. The summed E-state index contributed by atoms with van der Waals surface area (Å²) < 4.78 is 39.0. The minimum absolute atomic E-state index is 0.140. The molecule has 9 heteroatoms. The number of anilines is 1. The van der Waals surface area contributed by atoms with Crippen LogP contribution < -0.4 is 9.62 Å². The first-order valence-corrected chi connectivity index (χ1v) is 12.2. The number of nitrogens with zero attached hydrogens (tertiary/aromatic N) is 2. The lowest BCUT2D eigenvalue weighted by Crippen LogP contribution is -2.51. The monoisotopic (exact) mass is 463 g/mol. The molecule has 0 bridgehead atoms. The van der Waals surface area contributed by atoms with Gasteiger partial charge in [-0.2, -0.15) is 0 Å². The van der Waals surface area contributed by atoms with Crippen molar-refractivity contribution in [1.29, 1.82) is 0 Å². The number of benzene rings is 2. The largest absolute Gasteiger partial charge is 0.354 e. The van der Waals surface area contributed by atoms with Crippen molar-refractivity contribution >= 4 is 27.5 Å². The van der Waals surface area contributed by atoms with Gasteiger partial charge in [0.15, 0.2) is 0 Å². The highest BCUT2D eigenvalue weighted by atomic mass is 32.2. The van der Waals surface area contributed by atoms with E-state index in [1.807, 2.05) is 38.1 Å². The highest BCUT2D eigenvalue weighted by Gasteiger charge is 2.29. The van der Waals surface area contributed by atoms with Crippen molar-refractivity contribution in [2.24, 2.45) is 0 Å². The van der Waals surface area contributed by atoms with Crippen molar-refractivity contribution < 1.29 is 22.4 Å². The van der Waals surface area contributed by atoms with Crippen molar-refractivity contribution in [2.45, 2.75) is 39.8 Å². The summed E-state index contributed by atoms with van der Waals surface area (Å²) in [6.45, 7) is 5.58. The highest BCUT2D eigenvalue weighted by molar-refractivity contribution is 7.92. The second-order valence-corrected chi connectivity index (χ2v) is 9.63. The molecule has 1 N–H and O–H groups in total. The van der Waals surface area contributed by atoms with Crippen molar-refractivity contribution in [3.63, 3.8) is 0 Å². The second kappa shape index (κ2) is 11.1. The Labute approximate surface area is 189 Å². The molecule has 2 aromatic rings. The molecule has 0 spiro atoms. The number of halogens is 1. The Hall–Kier alpha value is -2.94. The van der Waals surface area contributed by atoms with Crippen LogP contribution in [0.2, 0.25) is 0 Å². The predicted molar refractivity (Wildman–Crippen MR) is 123 cm³/mol. The fourth-order valence-electron chi connectivity index (χ4n) is 3.09. The third kappa shape index (κ3) is 7.05. The molecule has 1 atom stereocenters. The maximum absolute atomic E-state index is 13.3. The zero-order valence-corrected chi connectivity index (χ0v) is 19.7. The van der Waals surface area contributed by atoms with E-state index in [1.54, 1.807) is 6.92 Å². The molecule has 7 nitrogen and oxygen atoms in total. The summed E-state index contributed by atoms with van der Waals surface area (Å²) >= 11 is 0. The number of hydrogen-bond acceptors (Lipinski definition) is 4. The first-order chi connectivity index (χ1) is 15.0. The predicted octanol–water partition coefficient (Wildman–Crippen LogP) is 2.84. The molecule has 0 fully saturated rings. The van der Waals surface area contributed by atoms with Crippen molar-refractivity contribution in [2.75, 3.05) is 23.7 Å². The van der Waals surface area contributed by atoms with E-state index in [9.17, 15) is 22.4 Å². The molecule has 0 radical (unpaired) electrons. The molecule has 2 rings (SSSR count). The van der Waals surface area contributed by atoms with Crippen LogP contribution in [0.15, 0.2) is 48.5 Å². The van der Waals surface area contributed by atoms with Gasteiger partial charge in [-0.1, -0.05) is 36.8 Å². The van der Waals surface area contributed by atoms with E-state index in [1.165, 1.54) is 17.0 Å². The molecule has 0 heterocycles. The first kappa shape index (κ1) is 25.3. The molecular weight excluding hydrogens is 433 g/mol. The Bertz CT molecular complexity index is 1020. The average Bonchev–Trinajstić information content (AvgIpc) is 2.74. The van der Waals surface area contributed by atoms with E-state index in [4.69, 9.17) is 0 Å². The fourth-order valence-corrected chi connectivity index (χ4v) is 3.94. The van der Waals surface area contributed by atoms with Gasteiger partial charge in [-0.05, 0) is 50.1 Å². The molecule has 0 saturated carbocycles. The summed E-state index contributed by atoms with van der Waals surface area (Å²) in [7, 11) is -3.84. The molecule has 1 unspecified atom stereocenters. The van der Waals surface area contributed by atoms with Gasteiger partial charge in [0.25, 0.3) is 0 Å². The molecule has 0 aliphatic carbocycles. The molecule has 0 aliphatic heterocycles. The number of hydrogen-bond donors (Lipinski definition) is 1. The zero-order valence-electron chi connectivity index (χ0n) is 18.8. The summed E-state index contributed by atoms with van der Waals surface area (Å²) in [4.78, 5) is 27.3. The topological polar surface area (TPSA) is 86.8 Å². The standard InChI is InChI=1S/C23H30FN3O4S/c1-5-14-25-23(29)18(3)26(15-19-8-6-17(2)7-9-19)22(28)16-27(32(4,30)31)21-12-10-20(24)11-13-21/h6-13,18H,5,14-16H2,1-4H3,(H,25,29). The SMILES string of the molecule is CCCNC(=O)C(C)N(Cc1ccc(C)cc1)C(=O)CN(c1ccc(F)cc1)S(C)(=O)=O. The quantitative estimate of drug-likeness (QED) is 0.587. The summed E-state index contributed by atoms with van der Waals surface area (Å²) in [6.07, 6.45) is 1.72. The van der Waals surface area contributed by atoms with E-state index >= 15 is 0 Å². The highest BCUT2D eigenvalue weighted by Crippen LogP contribution is 2.19. The second-order valence-electron chi connectivity index (χ2n) is 7.72. The molecule has 2 amide bonds. The van der Waals surface area contributed by atoms with Crippen LogP contribution in [0.4, 0.5) is 10.1 Å². The van der Waals surface area contributed by atoms with Crippen LogP contribution in [-0.4, -0.2) is 50.5 Å². The lowest BCUT2D eigenvalue weighted by Gasteiger charge is -2.31. The summed E-state index contributed by atoms with van der Waals surface area (Å²) in [5.41, 5.74) is 2.03. The number of aryl methyl sites for hydroxylation is 1.